The second-order valence-electron chi connectivity index (χ2n) is 4.77. The molecule has 2 N–H and O–H groups in total. The van der Waals surface area contributed by atoms with Crippen molar-refractivity contribution in [1.29, 1.82) is 0 Å². The minimum absolute atomic E-state index is 0.00619. The third kappa shape index (κ3) is 2.56. The van der Waals surface area contributed by atoms with Crippen LogP contribution in [0.15, 0.2) is 42.5 Å². The van der Waals surface area contributed by atoms with Crippen molar-refractivity contribution in [2.45, 2.75) is 6.42 Å². The van der Waals surface area contributed by atoms with Crippen LogP contribution in [0.5, 0.6) is 0 Å². The van der Waals surface area contributed by atoms with Crippen LogP contribution < -0.4 is 5.73 Å². The van der Waals surface area contributed by atoms with Gasteiger partial charge in [0.05, 0.1) is 16.1 Å². The van der Waals surface area contributed by atoms with Gasteiger partial charge in [-0.05, 0) is 5.56 Å². The van der Waals surface area contributed by atoms with Crippen LogP contribution in [0.4, 0.5) is 16.0 Å². The molecule has 3 rings (SSSR count). The van der Waals surface area contributed by atoms with E-state index in [-0.39, 0.29) is 11.5 Å². The van der Waals surface area contributed by atoms with Crippen LogP contribution in [0.2, 0.25) is 0 Å². The fourth-order valence-electron chi connectivity index (χ4n) is 2.29. The number of benzene rings is 2. The highest BCUT2D eigenvalue weighted by Crippen LogP contribution is 2.27. The number of halogens is 1. The Bertz CT molecular complexity index is 868. The summed E-state index contributed by atoms with van der Waals surface area (Å²) in [6.07, 6.45) is 0.423. The second kappa shape index (κ2) is 5.36. The number of fused-ring (bicyclic) bond motifs is 1. The Hall–Kier alpha value is -3.09. The summed E-state index contributed by atoms with van der Waals surface area (Å²) in [5.41, 5.74) is 6.79. The first-order valence-corrected chi connectivity index (χ1v) is 6.48. The minimum atomic E-state index is -0.943. The van der Waals surface area contributed by atoms with E-state index < -0.39 is 16.4 Å². The van der Waals surface area contributed by atoms with Gasteiger partial charge in [0.2, 0.25) is 11.8 Å². The molecule has 0 amide bonds. The standard InChI is InChI=1S/C15H11FN4O2/c16-11-8-13-10(7-14(11)20(21)22)12(18-15(17)19-13)6-9-4-2-1-3-5-9/h1-5,7-8H,6H2,(H2,17,18,19). The molecule has 0 saturated carbocycles. The molecule has 1 heterocycles. The third-order valence-corrected chi connectivity index (χ3v) is 3.27. The van der Waals surface area contributed by atoms with Crippen molar-refractivity contribution in [2.75, 3.05) is 5.73 Å². The average molecular weight is 298 g/mol. The number of rotatable bonds is 3. The number of hydrogen-bond acceptors (Lipinski definition) is 5. The van der Waals surface area contributed by atoms with Gasteiger partial charge in [-0.1, -0.05) is 30.3 Å². The molecule has 6 nitrogen and oxygen atoms in total. The number of nitrogens with zero attached hydrogens (tertiary/aromatic N) is 3. The smallest absolute Gasteiger partial charge is 0.305 e. The van der Waals surface area contributed by atoms with Crippen LogP contribution in [0, 0.1) is 15.9 Å². The van der Waals surface area contributed by atoms with E-state index in [1.807, 2.05) is 30.3 Å². The van der Waals surface area contributed by atoms with Crippen molar-refractivity contribution in [3.05, 3.63) is 69.7 Å². The quantitative estimate of drug-likeness (QED) is 0.592. The van der Waals surface area contributed by atoms with Gasteiger partial charge in [0, 0.05) is 23.9 Å². The average Bonchev–Trinajstić information content (AvgIpc) is 2.47. The molecule has 0 aliphatic carbocycles. The molecule has 0 aliphatic heterocycles. The molecule has 0 bridgehead atoms. The van der Waals surface area contributed by atoms with Crippen molar-refractivity contribution >= 4 is 22.5 Å². The molecule has 0 aliphatic rings. The number of nitro groups is 1. The molecule has 0 radical (unpaired) electrons. The largest absolute Gasteiger partial charge is 0.368 e. The lowest BCUT2D eigenvalue weighted by Crippen LogP contribution is -2.03. The number of nitrogens with two attached hydrogens (primary N) is 1. The highest BCUT2D eigenvalue weighted by atomic mass is 19.1. The molecule has 0 fully saturated rings. The molecule has 7 heteroatoms. The van der Waals surface area contributed by atoms with Gasteiger partial charge in [-0.15, -0.1) is 0 Å². The van der Waals surface area contributed by atoms with Crippen LogP contribution in [-0.2, 0) is 6.42 Å². The Labute approximate surface area is 124 Å². The summed E-state index contributed by atoms with van der Waals surface area (Å²) in [5, 5.41) is 11.3. The van der Waals surface area contributed by atoms with Crippen LogP contribution in [0.1, 0.15) is 11.3 Å². The van der Waals surface area contributed by atoms with Crippen molar-refractivity contribution in [3.8, 4) is 0 Å². The van der Waals surface area contributed by atoms with Gasteiger partial charge in [-0.3, -0.25) is 10.1 Å². The van der Waals surface area contributed by atoms with Gasteiger partial charge >= 0.3 is 5.69 Å². The predicted molar refractivity (Wildman–Crippen MR) is 79.8 cm³/mol. The van der Waals surface area contributed by atoms with E-state index in [4.69, 9.17) is 5.73 Å². The third-order valence-electron chi connectivity index (χ3n) is 3.27. The number of aromatic nitrogens is 2. The lowest BCUT2D eigenvalue weighted by Gasteiger charge is -2.07. The summed E-state index contributed by atoms with van der Waals surface area (Å²) in [5.74, 6) is -0.937. The second-order valence-corrected chi connectivity index (χ2v) is 4.77. The molecule has 0 spiro atoms. The number of hydrogen-bond donors (Lipinski definition) is 1. The van der Waals surface area contributed by atoms with Gasteiger partial charge < -0.3 is 5.73 Å². The van der Waals surface area contributed by atoms with Gasteiger partial charge in [0.25, 0.3) is 0 Å². The van der Waals surface area contributed by atoms with E-state index in [0.717, 1.165) is 17.7 Å². The molecule has 0 unspecified atom stereocenters. The number of nitro benzene ring substituents is 1. The lowest BCUT2D eigenvalue weighted by atomic mass is 10.1. The topological polar surface area (TPSA) is 94.9 Å². The zero-order valence-electron chi connectivity index (χ0n) is 11.4. The van der Waals surface area contributed by atoms with E-state index in [9.17, 15) is 14.5 Å². The highest BCUT2D eigenvalue weighted by molar-refractivity contribution is 5.84. The maximum absolute atomic E-state index is 13.7. The summed E-state index contributed by atoms with van der Waals surface area (Å²) >= 11 is 0. The van der Waals surface area contributed by atoms with Crippen molar-refractivity contribution in [2.24, 2.45) is 0 Å². The van der Waals surface area contributed by atoms with Crippen molar-refractivity contribution < 1.29 is 9.31 Å². The van der Waals surface area contributed by atoms with Crippen molar-refractivity contribution in [3.63, 3.8) is 0 Å². The first-order valence-electron chi connectivity index (χ1n) is 6.48. The highest BCUT2D eigenvalue weighted by Gasteiger charge is 2.18. The fraction of sp³-hybridized carbons (Fsp3) is 0.0667. The summed E-state index contributed by atoms with van der Waals surface area (Å²) in [6, 6.07) is 11.6. The molecular formula is C15H11FN4O2. The molecule has 110 valence electrons. The molecule has 22 heavy (non-hydrogen) atoms. The van der Waals surface area contributed by atoms with Crippen LogP contribution in [0.25, 0.3) is 10.9 Å². The summed E-state index contributed by atoms with van der Waals surface area (Å²) in [6.45, 7) is 0. The van der Waals surface area contributed by atoms with E-state index in [0.29, 0.717) is 17.5 Å². The van der Waals surface area contributed by atoms with Crippen LogP contribution in [-0.4, -0.2) is 14.9 Å². The summed E-state index contributed by atoms with van der Waals surface area (Å²) in [7, 11) is 0. The van der Waals surface area contributed by atoms with E-state index in [1.54, 1.807) is 0 Å². The zero-order valence-corrected chi connectivity index (χ0v) is 11.4. The van der Waals surface area contributed by atoms with Crippen LogP contribution >= 0.6 is 0 Å². The van der Waals surface area contributed by atoms with Crippen molar-refractivity contribution in [1.82, 2.24) is 9.97 Å². The zero-order chi connectivity index (χ0) is 15.7. The van der Waals surface area contributed by atoms with Crippen LogP contribution in [0.3, 0.4) is 0 Å². The monoisotopic (exact) mass is 298 g/mol. The Morgan fingerprint density at radius 3 is 2.59 bits per heavy atom. The minimum Gasteiger partial charge on any atom is -0.368 e. The Morgan fingerprint density at radius 2 is 1.91 bits per heavy atom. The first-order chi connectivity index (χ1) is 10.5. The molecule has 0 saturated heterocycles. The van der Waals surface area contributed by atoms with E-state index >= 15 is 0 Å². The molecule has 1 aromatic heterocycles. The molecule has 0 atom stereocenters. The maximum Gasteiger partial charge on any atom is 0.305 e. The molecular weight excluding hydrogens is 287 g/mol. The maximum atomic E-state index is 13.7. The normalized spacial score (nSPS) is 10.8. The summed E-state index contributed by atoms with van der Waals surface area (Å²) < 4.78 is 13.7. The van der Waals surface area contributed by atoms with Gasteiger partial charge in [0.15, 0.2) is 0 Å². The van der Waals surface area contributed by atoms with E-state index in [1.165, 1.54) is 0 Å². The SMILES string of the molecule is Nc1nc(Cc2ccccc2)c2cc([N+](=O)[O-])c(F)cc2n1. The summed E-state index contributed by atoms with van der Waals surface area (Å²) in [4.78, 5) is 18.2. The molecule has 2 aromatic carbocycles. The Balaban J connectivity index is 2.20. The fourth-order valence-corrected chi connectivity index (χ4v) is 2.29. The Morgan fingerprint density at radius 1 is 1.18 bits per heavy atom. The Kier molecular flexibility index (Phi) is 3.38. The molecule has 3 aromatic rings. The number of anilines is 1. The van der Waals surface area contributed by atoms with Gasteiger partial charge in [0.1, 0.15) is 0 Å². The lowest BCUT2D eigenvalue weighted by molar-refractivity contribution is -0.387. The first kappa shape index (κ1) is 13.9. The van der Waals surface area contributed by atoms with Gasteiger partial charge in [-0.25, -0.2) is 9.97 Å². The predicted octanol–water partition coefficient (Wildman–Crippen LogP) is 2.85. The number of nitrogen functional groups attached to an aromatic ring is 1. The van der Waals surface area contributed by atoms with Gasteiger partial charge in [-0.2, -0.15) is 4.39 Å². The van der Waals surface area contributed by atoms with E-state index in [2.05, 4.69) is 9.97 Å².